The third kappa shape index (κ3) is 4.56. The zero-order valence-corrected chi connectivity index (χ0v) is 12.5. The van der Waals surface area contributed by atoms with Crippen LogP contribution in [0.5, 0.6) is 0 Å². The Labute approximate surface area is 133 Å². The highest BCUT2D eigenvalue weighted by Gasteiger charge is 2.16. The molecular formula is C15H18N6O2. The summed E-state index contributed by atoms with van der Waals surface area (Å²) in [5.74, 6) is 11.5. The summed E-state index contributed by atoms with van der Waals surface area (Å²) in [6.07, 6.45) is 3.67. The molecule has 4 N–H and O–H groups in total. The summed E-state index contributed by atoms with van der Waals surface area (Å²) in [5.41, 5.74) is 0. The van der Waals surface area contributed by atoms with Crippen molar-refractivity contribution in [1.29, 1.82) is 0 Å². The van der Waals surface area contributed by atoms with Crippen molar-refractivity contribution in [3.05, 3.63) is 48.8 Å². The molecule has 120 valence electrons. The number of anilines is 2. The van der Waals surface area contributed by atoms with Gasteiger partial charge in [-0.25, -0.2) is 31.7 Å². The number of amides is 2. The molecule has 8 nitrogen and oxygen atoms in total. The topological polar surface area (TPSA) is 118 Å². The van der Waals surface area contributed by atoms with E-state index < -0.39 is 0 Å². The lowest BCUT2D eigenvalue weighted by molar-refractivity contribution is -0.120. The maximum atomic E-state index is 12.0. The minimum absolute atomic E-state index is 0.120. The molecule has 0 aliphatic rings. The molecule has 0 bridgehead atoms. The zero-order chi connectivity index (χ0) is 16.7. The van der Waals surface area contributed by atoms with Gasteiger partial charge in [0, 0.05) is 25.2 Å². The van der Waals surface area contributed by atoms with Crippen molar-refractivity contribution in [3.63, 3.8) is 0 Å². The molecule has 23 heavy (non-hydrogen) atoms. The maximum Gasteiger partial charge on any atom is 0.242 e. The molecule has 0 saturated carbocycles. The quantitative estimate of drug-likeness (QED) is 0.461. The van der Waals surface area contributed by atoms with Gasteiger partial charge in [0.1, 0.15) is 11.6 Å². The Balaban J connectivity index is 1.80. The summed E-state index contributed by atoms with van der Waals surface area (Å²) in [5, 5.41) is 1.95. The second-order valence-corrected chi connectivity index (χ2v) is 4.76. The van der Waals surface area contributed by atoms with Gasteiger partial charge in [0.25, 0.3) is 0 Å². The molecule has 0 fully saturated rings. The molecule has 0 atom stereocenters. The number of hydrazine groups is 2. The Morgan fingerprint density at radius 2 is 1.26 bits per heavy atom. The van der Waals surface area contributed by atoms with Crippen LogP contribution < -0.4 is 21.7 Å². The minimum atomic E-state index is -0.321. The van der Waals surface area contributed by atoms with E-state index in [1.807, 2.05) is 0 Å². The van der Waals surface area contributed by atoms with E-state index in [1.54, 1.807) is 48.8 Å². The second-order valence-electron chi connectivity index (χ2n) is 4.76. The van der Waals surface area contributed by atoms with E-state index in [0.29, 0.717) is 18.1 Å². The Bertz CT molecular complexity index is 592. The first-order valence-electron chi connectivity index (χ1n) is 7.07. The standard InChI is InChI=1S/C15H18N6O2/c16-20(12-6-1-3-10-18-12)14(22)8-5-9-15(23)21(17)13-7-2-4-11-19-13/h1-4,6-7,10-11H,5,8-9,16-17H2. The van der Waals surface area contributed by atoms with Crippen molar-refractivity contribution in [2.75, 3.05) is 10.0 Å². The van der Waals surface area contributed by atoms with Crippen LogP contribution in [0.4, 0.5) is 11.6 Å². The van der Waals surface area contributed by atoms with Crippen LogP contribution in [0, 0.1) is 0 Å². The van der Waals surface area contributed by atoms with Gasteiger partial charge in [0.05, 0.1) is 0 Å². The first-order chi connectivity index (χ1) is 11.1. The number of pyridine rings is 2. The summed E-state index contributed by atoms with van der Waals surface area (Å²) in [7, 11) is 0. The zero-order valence-electron chi connectivity index (χ0n) is 12.5. The van der Waals surface area contributed by atoms with Crippen LogP contribution in [0.15, 0.2) is 48.8 Å². The van der Waals surface area contributed by atoms with Crippen LogP contribution in [0.3, 0.4) is 0 Å². The van der Waals surface area contributed by atoms with Crippen molar-refractivity contribution >= 4 is 23.5 Å². The van der Waals surface area contributed by atoms with Crippen LogP contribution in [0.2, 0.25) is 0 Å². The number of carbonyl (C=O) groups excluding carboxylic acids is 2. The molecule has 2 heterocycles. The summed E-state index contributed by atoms with van der Waals surface area (Å²) in [6.45, 7) is 0. The number of aromatic nitrogens is 2. The first kappa shape index (κ1) is 16.5. The third-order valence-corrected chi connectivity index (χ3v) is 3.11. The van der Waals surface area contributed by atoms with E-state index in [2.05, 4.69) is 9.97 Å². The molecule has 0 unspecified atom stereocenters. The normalized spacial score (nSPS) is 10.2. The van der Waals surface area contributed by atoms with Crippen molar-refractivity contribution < 1.29 is 9.59 Å². The average Bonchev–Trinajstić information content (AvgIpc) is 2.61. The Hall–Kier alpha value is -2.84. The van der Waals surface area contributed by atoms with Gasteiger partial charge < -0.3 is 0 Å². The van der Waals surface area contributed by atoms with Gasteiger partial charge in [-0.15, -0.1) is 0 Å². The fourth-order valence-electron chi connectivity index (χ4n) is 1.88. The van der Waals surface area contributed by atoms with Crippen molar-refractivity contribution in [3.8, 4) is 0 Å². The largest absolute Gasteiger partial charge is 0.273 e. The Kier molecular flexibility index (Phi) is 5.73. The highest BCUT2D eigenvalue weighted by molar-refractivity contribution is 5.93. The van der Waals surface area contributed by atoms with E-state index >= 15 is 0 Å². The number of nitrogens with zero attached hydrogens (tertiary/aromatic N) is 4. The van der Waals surface area contributed by atoms with Gasteiger partial charge >= 0.3 is 0 Å². The summed E-state index contributed by atoms with van der Waals surface area (Å²) < 4.78 is 0. The number of carbonyl (C=O) groups is 2. The summed E-state index contributed by atoms with van der Waals surface area (Å²) in [6, 6.07) is 10.2. The average molecular weight is 314 g/mol. The van der Waals surface area contributed by atoms with E-state index in [-0.39, 0.29) is 24.7 Å². The predicted octanol–water partition coefficient (Wildman–Crippen LogP) is 0.761. The number of hydrogen-bond donors (Lipinski definition) is 2. The summed E-state index contributed by atoms with van der Waals surface area (Å²) >= 11 is 0. The van der Waals surface area contributed by atoms with Gasteiger partial charge in [-0.2, -0.15) is 0 Å². The maximum absolute atomic E-state index is 12.0. The molecule has 2 rings (SSSR count). The molecule has 8 heteroatoms. The molecule has 0 aromatic carbocycles. The Morgan fingerprint density at radius 3 is 1.61 bits per heavy atom. The summed E-state index contributed by atoms with van der Waals surface area (Å²) in [4.78, 5) is 31.9. The number of nitrogens with two attached hydrogens (primary N) is 2. The van der Waals surface area contributed by atoms with Crippen molar-refractivity contribution in [2.24, 2.45) is 11.7 Å². The molecule has 0 spiro atoms. The minimum Gasteiger partial charge on any atom is -0.273 e. The van der Waals surface area contributed by atoms with Crippen LogP contribution in [0.1, 0.15) is 19.3 Å². The predicted molar refractivity (Wildman–Crippen MR) is 85.7 cm³/mol. The Morgan fingerprint density at radius 1 is 0.826 bits per heavy atom. The van der Waals surface area contributed by atoms with Crippen LogP contribution in [-0.4, -0.2) is 21.8 Å². The smallest absolute Gasteiger partial charge is 0.242 e. The number of rotatable bonds is 6. The van der Waals surface area contributed by atoms with Gasteiger partial charge in [-0.3, -0.25) is 9.59 Å². The van der Waals surface area contributed by atoms with Gasteiger partial charge in [0.15, 0.2) is 0 Å². The highest BCUT2D eigenvalue weighted by Crippen LogP contribution is 2.10. The molecule has 0 aliphatic carbocycles. The monoisotopic (exact) mass is 314 g/mol. The van der Waals surface area contributed by atoms with E-state index in [4.69, 9.17) is 11.7 Å². The lowest BCUT2D eigenvalue weighted by Gasteiger charge is -2.17. The fourth-order valence-corrected chi connectivity index (χ4v) is 1.88. The van der Waals surface area contributed by atoms with E-state index in [1.165, 1.54) is 0 Å². The van der Waals surface area contributed by atoms with Gasteiger partial charge in [-0.1, -0.05) is 12.1 Å². The molecule has 2 aromatic rings. The molecule has 2 aromatic heterocycles. The highest BCUT2D eigenvalue weighted by atomic mass is 16.2. The fraction of sp³-hybridized carbons (Fsp3) is 0.200. The van der Waals surface area contributed by atoms with Crippen molar-refractivity contribution in [2.45, 2.75) is 19.3 Å². The first-order valence-corrected chi connectivity index (χ1v) is 7.07. The van der Waals surface area contributed by atoms with E-state index in [9.17, 15) is 9.59 Å². The SMILES string of the molecule is NN(C(=O)CCCC(=O)N(N)c1ccccn1)c1ccccn1. The van der Waals surface area contributed by atoms with Gasteiger partial charge in [-0.05, 0) is 30.7 Å². The molecule has 0 saturated heterocycles. The molecule has 0 aliphatic heterocycles. The molecule has 2 amide bonds. The van der Waals surface area contributed by atoms with Crippen LogP contribution in [-0.2, 0) is 9.59 Å². The lowest BCUT2D eigenvalue weighted by Crippen LogP contribution is -2.39. The molecule has 0 radical (unpaired) electrons. The third-order valence-electron chi connectivity index (χ3n) is 3.11. The second kappa shape index (κ2) is 7.97. The number of hydrogen-bond acceptors (Lipinski definition) is 6. The van der Waals surface area contributed by atoms with Gasteiger partial charge in [0.2, 0.25) is 11.8 Å². The van der Waals surface area contributed by atoms with Crippen LogP contribution in [0.25, 0.3) is 0 Å². The van der Waals surface area contributed by atoms with Crippen molar-refractivity contribution in [1.82, 2.24) is 9.97 Å². The lowest BCUT2D eigenvalue weighted by atomic mass is 10.2. The van der Waals surface area contributed by atoms with Crippen LogP contribution >= 0.6 is 0 Å². The van der Waals surface area contributed by atoms with E-state index in [0.717, 1.165) is 10.0 Å². The molecular weight excluding hydrogens is 296 g/mol.